The van der Waals surface area contributed by atoms with Gasteiger partial charge < -0.3 is 19.5 Å². The van der Waals surface area contributed by atoms with E-state index in [9.17, 15) is 14.3 Å². The topological polar surface area (TPSA) is 87.7 Å². The van der Waals surface area contributed by atoms with Gasteiger partial charge in [0.15, 0.2) is 6.29 Å². The Morgan fingerprint density at radius 2 is 1.93 bits per heavy atom. The number of nitrogens with one attached hydrogen (secondary N) is 1. The fraction of sp³-hybridized carbons (Fsp3) is 0.238. The molecule has 0 bridgehead atoms. The van der Waals surface area contributed by atoms with Crippen molar-refractivity contribution >= 4 is 5.91 Å². The van der Waals surface area contributed by atoms with Gasteiger partial charge in [-0.3, -0.25) is 9.89 Å². The largest absolute Gasteiger partial charge is 0.508 e. The molecule has 1 aliphatic rings. The molecule has 2 N–H and O–H groups in total. The number of halogens is 1. The van der Waals surface area contributed by atoms with Crippen LogP contribution in [0.2, 0.25) is 0 Å². The van der Waals surface area contributed by atoms with Crippen molar-refractivity contribution in [3.63, 3.8) is 0 Å². The predicted octanol–water partition coefficient (Wildman–Crippen LogP) is 3.09. The summed E-state index contributed by atoms with van der Waals surface area (Å²) < 4.78 is 24.0. The highest BCUT2D eigenvalue weighted by Gasteiger charge is 2.43. The van der Waals surface area contributed by atoms with Crippen LogP contribution in [0.25, 0.3) is 11.3 Å². The van der Waals surface area contributed by atoms with Gasteiger partial charge in [0.25, 0.3) is 5.91 Å². The number of aromatic hydroxyl groups is 1. The number of benzene rings is 2. The first kappa shape index (κ1) is 19.1. The number of amides is 1. The maximum absolute atomic E-state index is 13.4. The first-order valence-corrected chi connectivity index (χ1v) is 9.03. The Balaban J connectivity index is 1.85. The van der Waals surface area contributed by atoms with E-state index >= 15 is 0 Å². The van der Waals surface area contributed by atoms with Crippen LogP contribution in [-0.2, 0) is 9.47 Å². The molecule has 4 rings (SSSR count). The summed E-state index contributed by atoms with van der Waals surface area (Å²) in [4.78, 5) is 14.8. The number of ether oxygens (including phenoxy) is 2. The quantitative estimate of drug-likeness (QED) is 0.624. The number of hydrogen-bond acceptors (Lipinski definition) is 5. The monoisotopic (exact) mass is 397 g/mol. The van der Waals surface area contributed by atoms with Crippen molar-refractivity contribution in [1.29, 1.82) is 0 Å². The molecule has 0 saturated carbocycles. The van der Waals surface area contributed by atoms with Gasteiger partial charge in [0, 0.05) is 25.3 Å². The van der Waals surface area contributed by atoms with Crippen LogP contribution in [0.1, 0.15) is 27.7 Å². The number of methoxy groups -OCH3 is 2. The molecule has 1 amide bonds. The van der Waals surface area contributed by atoms with Gasteiger partial charge in [-0.15, -0.1) is 0 Å². The summed E-state index contributed by atoms with van der Waals surface area (Å²) in [5.41, 5.74) is 2.96. The van der Waals surface area contributed by atoms with Crippen LogP contribution in [0.3, 0.4) is 0 Å². The van der Waals surface area contributed by atoms with E-state index in [-0.39, 0.29) is 24.0 Å². The summed E-state index contributed by atoms with van der Waals surface area (Å²) in [6.07, 6.45) is -0.620. The number of phenolic OH excluding ortho intramolecular Hbond substituents is 1. The molecule has 0 spiro atoms. The third-order valence-corrected chi connectivity index (χ3v) is 5.04. The standard InChI is InChI=1S/C21H20FN3O4/c1-28-16(29-2)11-25-20(13-4-3-5-15(26)10-13)17-18(23-24-19(17)21(25)27)12-6-8-14(22)9-7-12/h3-10,16,20,26H,11H2,1-2H3,(H,23,24). The van der Waals surface area contributed by atoms with Crippen molar-refractivity contribution in [2.45, 2.75) is 12.3 Å². The first-order valence-electron chi connectivity index (χ1n) is 9.03. The van der Waals surface area contributed by atoms with Crippen LogP contribution in [0.5, 0.6) is 5.75 Å². The molecule has 7 nitrogen and oxygen atoms in total. The van der Waals surface area contributed by atoms with E-state index in [4.69, 9.17) is 9.47 Å². The van der Waals surface area contributed by atoms with Gasteiger partial charge in [-0.05, 0) is 42.0 Å². The minimum atomic E-state index is -0.620. The molecule has 1 atom stereocenters. The zero-order valence-corrected chi connectivity index (χ0v) is 15.9. The van der Waals surface area contributed by atoms with Gasteiger partial charge in [-0.25, -0.2) is 4.39 Å². The van der Waals surface area contributed by atoms with E-state index < -0.39 is 12.3 Å². The molecule has 0 fully saturated rings. The minimum Gasteiger partial charge on any atom is -0.508 e. The van der Waals surface area contributed by atoms with Crippen molar-refractivity contribution in [1.82, 2.24) is 15.1 Å². The molecule has 2 heterocycles. The average Bonchev–Trinajstić information content (AvgIpc) is 3.26. The highest BCUT2D eigenvalue weighted by Crippen LogP contribution is 2.43. The van der Waals surface area contributed by atoms with Gasteiger partial charge in [0.2, 0.25) is 0 Å². The molecule has 0 aliphatic carbocycles. The number of rotatable bonds is 6. The molecule has 1 aliphatic heterocycles. The Kier molecular flexibility index (Phi) is 5.04. The Hall–Kier alpha value is -3.23. The Labute approximate surface area is 166 Å². The third kappa shape index (κ3) is 3.37. The number of hydrogen-bond donors (Lipinski definition) is 2. The molecule has 29 heavy (non-hydrogen) atoms. The van der Waals surface area contributed by atoms with Gasteiger partial charge in [-0.2, -0.15) is 5.10 Å². The third-order valence-electron chi connectivity index (χ3n) is 5.04. The summed E-state index contributed by atoms with van der Waals surface area (Å²) in [6, 6.07) is 12.1. The van der Waals surface area contributed by atoms with E-state index in [0.717, 1.165) is 0 Å². The van der Waals surface area contributed by atoms with Crippen molar-refractivity contribution in [2.75, 3.05) is 20.8 Å². The molecule has 1 unspecified atom stereocenters. The van der Waals surface area contributed by atoms with Crippen LogP contribution in [0, 0.1) is 5.82 Å². The zero-order chi connectivity index (χ0) is 20.5. The second kappa shape index (κ2) is 7.65. The molecule has 2 aromatic carbocycles. The molecule has 0 saturated heterocycles. The van der Waals surface area contributed by atoms with Crippen LogP contribution < -0.4 is 0 Å². The number of phenols is 1. The van der Waals surface area contributed by atoms with E-state index in [1.165, 1.54) is 26.4 Å². The average molecular weight is 397 g/mol. The van der Waals surface area contributed by atoms with Crippen molar-refractivity contribution in [3.05, 3.63) is 71.2 Å². The van der Waals surface area contributed by atoms with E-state index in [1.807, 2.05) is 6.07 Å². The second-order valence-electron chi connectivity index (χ2n) is 6.72. The summed E-state index contributed by atoms with van der Waals surface area (Å²) in [6.45, 7) is 0.178. The van der Waals surface area contributed by atoms with Crippen molar-refractivity contribution in [2.24, 2.45) is 0 Å². The molecule has 3 aromatic rings. The van der Waals surface area contributed by atoms with Crippen LogP contribution in [0.15, 0.2) is 48.5 Å². The number of aromatic amines is 1. The molecular weight excluding hydrogens is 377 g/mol. The normalized spacial score (nSPS) is 15.9. The number of nitrogens with zero attached hydrogens (tertiary/aromatic N) is 2. The first-order chi connectivity index (χ1) is 14.0. The van der Waals surface area contributed by atoms with Crippen LogP contribution in [0.4, 0.5) is 4.39 Å². The van der Waals surface area contributed by atoms with E-state index in [1.54, 1.807) is 35.2 Å². The fourth-order valence-corrected chi connectivity index (χ4v) is 3.66. The lowest BCUT2D eigenvalue weighted by Crippen LogP contribution is -2.38. The Morgan fingerprint density at radius 1 is 1.21 bits per heavy atom. The van der Waals surface area contributed by atoms with E-state index in [0.29, 0.717) is 28.1 Å². The number of carbonyl (C=O) groups excluding carboxylic acids is 1. The minimum absolute atomic E-state index is 0.0882. The van der Waals surface area contributed by atoms with Crippen LogP contribution >= 0.6 is 0 Å². The van der Waals surface area contributed by atoms with Crippen molar-refractivity contribution in [3.8, 4) is 17.0 Å². The highest BCUT2D eigenvalue weighted by molar-refractivity contribution is 6.00. The highest BCUT2D eigenvalue weighted by atomic mass is 19.1. The lowest BCUT2D eigenvalue weighted by molar-refractivity contribution is -0.113. The maximum Gasteiger partial charge on any atom is 0.273 e. The molecule has 0 radical (unpaired) electrons. The van der Waals surface area contributed by atoms with Gasteiger partial charge >= 0.3 is 0 Å². The number of H-pyrrole nitrogens is 1. The molecular formula is C21H20FN3O4. The lowest BCUT2D eigenvalue weighted by Gasteiger charge is -2.29. The second-order valence-corrected chi connectivity index (χ2v) is 6.72. The summed E-state index contributed by atoms with van der Waals surface area (Å²) >= 11 is 0. The lowest BCUT2D eigenvalue weighted by atomic mass is 9.96. The summed E-state index contributed by atoms with van der Waals surface area (Å²) in [5.74, 6) is -0.523. The maximum atomic E-state index is 13.4. The Bertz CT molecular complexity index is 1030. The molecule has 1 aromatic heterocycles. The van der Waals surface area contributed by atoms with Gasteiger partial charge in [0.1, 0.15) is 17.3 Å². The number of fused-ring (bicyclic) bond motifs is 1. The fourth-order valence-electron chi connectivity index (χ4n) is 3.66. The van der Waals surface area contributed by atoms with Crippen LogP contribution in [-0.4, -0.2) is 53.2 Å². The summed E-state index contributed by atoms with van der Waals surface area (Å²) in [7, 11) is 3.01. The smallest absolute Gasteiger partial charge is 0.273 e. The van der Waals surface area contributed by atoms with E-state index in [2.05, 4.69) is 10.2 Å². The SMILES string of the molecule is COC(CN1C(=O)c2[nH]nc(-c3ccc(F)cc3)c2C1c1cccc(O)c1)OC. The Morgan fingerprint density at radius 3 is 2.59 bits per heavy atom. The van der Waals surface area contributed by atoms with Gasteiger partial charge in [0.05, 0.1) is 18.3 Å². The molecule has 8 heteroatoms. The summed E-state index contributed by atoms with van der Waals surface area (Å²) in [5, 5.41) is 17.1. The zero-order valence-electron chi connectivity index (χ0n) is 15.9. The van der Waals surface area contributed by atoms with Gasteiger partial charge in [-0.1, -0.05) is 12.1 Å². The number of aromatic nitrogens is 2. The predicted molar refractivity (Wildman–Crippen MR) is 103 cm³/mol. The number of carbonyl (C=O) groups is 1. The molecule has 150 valence electrons. The van der Waals surface area contributed by atoms with Crippen molar-refractivity contribution < 1.29 is 23.8 Å².